The number of hydrogen-bond donors (Lipinski definition) is 1. The second kappa shape index (κ2) is 9.03. The number of aliphatic hydroxyl groups excluding tert-OH is 1. The summed E-state index contributed by atoms with van der Waals surface area (Å²) in [6.45, 7) is 0.388. The summed E-state index contributed by atoms with van der Waals surface area (Å²) in [6.07, 6.45) is -3.10. The van der Waals surface area contributed by atoms with Crippen LogP contribution in [-0.4, -0.2) is 39.9 Å². The fourth-order valence-electron chi connectivity index (χ4n) is 4.28. The van der Waals surface area contributed by atoms with Crippen molar-refractivity contribution in [1.82, 2.24) is 9.88 Å². The maximum atomic E-state index is 13.2. The smallest absolute Gasteiger partial charge is 0.416 e. The van der Waals surface area contributed by atoms with Gasteiger partial charge in [0, 0.05) is 18.3 Å². The molecular formula is C26H19F3N2O5. The van der Waals surface area contributed by atoms with E-state index >= 15 is 0 Å². The Hall–Kier alpha value is -4.34. The number of alkyl halides is 3. The van der Waals surface area contributed by atoms with Crippen LogP contribution in [0.15, 0.2) is 72.4 Å². The van der Waals surface area contributed by atoms with Gasteiger partial charge in [-0.15, -0.1) is 0 Å². The predicted molar refractivity (Wildman–Crippen MR) is 121 cm³/mol. The van der Waals surface area contributed by atoms with Crippen molar-refractivity contribution in [3.63, 3.8) is 0 Å². The summed E-state index contributed by atoms with van der Waals surface area (Å²) in [6, 6.07) is 12.9. The molecule has 36 heavy (non-hydrogen) atoms. The molecule has 1 saturated heterocycles. The molecule has 3 aromatic rings. The number of benzene rings is 2. The number of pyridine rings is 1. The van der Waals surface area contributed by atoms with Crippen molar-refractivity contribution in [1.29, 1.82) is 0 Å². The van der Waals surface area contributed by atoms with Crippen LogP contribution in [-0.2, 0) is 22.3 Å². The first-order chi connectivity index (χ1) is 17.2. The van der Waals surface area contributed by atoms with Crippen LogP contribution in [0.25, 0.3) is 5.76 Å². The minimum atomic E-state index is -4.57. The zero-order valence-electron chi connectivity index (χ0n) is 18.7. The highest BCUT2D eigenvalue weighted by molar-refractivity contribution is 6.46. The van der Waals surface area contributed by atoms with Crippen molar-refractivity contribution in [2.24, 2.45) is 0 Å². The lowest BCUT2D eigenvalue weighted by molar-refractivity contribution is -0.140. The molecule has 0 bridgehead atoms. The molecule has 0 radical (unpaired) electrons. The number of ether oxygens (including phenoxy) is 2. The highest BCUT2D eigenvalue weighted by atomic mass is 19.4. The van der Waals surface area contributed by atoms with E-state index in [2.05, 4.69) is 4.98 Å². The standard InChI is InChI=1S/C26H19F3N2O5/c27-26(28,29)17-5-3-4-15(12-17)14-31-22(18-6-1-2-9-30-18)21(24(33)25(31)34)23(32)16-7-8-19-20(13-16)36-11-10-35-19/h1-9,12-13,22,32H,10-11,14H2/b23-21-. The first kappa shape index (κ1) is 23.4. The van der Waals surface area contributed by atoms with Crippen LogP contribution in [0, 0.1) is 0 Å². The second-order valence-corrected chi connectivity index (χ2v) is 8.24. The fourth-order valence-corrected chi connectivity index (χ4v) is 4.28. The summed E-state index contributed by atoms with van der Waals surface area (Å²) in [7, 11) is 0. The Morgan fingerprint density at radius 2 is 1.78 bits per heavy atom. The van der Waals surface area contributed by atoms with E-state index in [1.54, 1.807) is 24.3 Å². The van der Waals surface area contributed by atoms with Crippen molar-refractivity contribution >= 4 is 17.4 Å². The number of amides is 1. The maximum absolute atomic E-state index is 13.2. The first-order valence-electron chi connectivity index (χ1n) is 11.0. The molecule has 184 valence electrons. The van der Waals surface area contributed by atoms with E-state index in [0.717, 1.165) is 17.0 Å². The number of nitrogens with zero attached hydrogens (tertiary/aromatic N) is 2. The van der Waals surface area contributed by atoms with E-state index in [1.165, 1.54) is 30.5 Å². The van der Waals surface area contributed by atoms with Gasteiger partial charge in [0.25, 0.3) is 11.7 Å². The van der Waals surface area contributed by atoms with Gasteiger partial charge in [0.2, 0.25) is 0 Å². The van der Waals surface area contributed by atoms with Crippen LogP contribution in [0.5, 0.6) is 11.5 Å². The Morgan fingerprint density at radius 3 is 2.50 bits per heavy atom. The number of ketones is 1. The molecular weight excluding hydrogens is 477 g/mol. The number of aromatic nitrogens is 1. The molecule has 1 unspecified atom stereocenters. The second-order valence-electron chi connectivity index (χ2n) is 8.24. The number of fused-ring (bicyclic) bond motifs is 1. The van der Waals surface area contributed by atoms with Crippen molar-refractivity contribution in [2.75, 3.05) is 13.2 Å². The predicted octanol–water partition coefficient (Wildman–Crippen LogP) is 4.49. The molecule has 3 heterocycles. The Kier molecular flexibility index (Phi) is 5.87. The summed E-state index contributed by atoms with van der Waals surface area (Å²) in [5.41, 5.74) is -0.420. The first-order valence-corrected chi connectivity index (χ1v) is 11.0. The van der Waals surface area contributed by atoms with Gasteiger partial charge in [-0.2, -0.15) is 13.2 Å². The van der Waals surface area contributed by atoms with E-state index in [9.17, 15) is 27.9 Å². The number of carbonyl (C=O) groups is 2. The molecule has 7 nitrogen and oxygen atoms in total. The van der Waals surface area contributed by atoms with Crippen LogP contribution in [0.2, 0.25) is 0 Å². The van der Waals surface area contributed by atoms with Gasteiger partial charge in [-0.1, -0.05) is 18.2 Å². The van der Waals surface area contributed by atoms with Gasteiger partial charge in [-0.05, 0) is 48.0 Å². The van der Waals surface area contributed by atoms with Crippen LogP contribution in [0.1, 0.15) is 28.4 Å². The zero-order chi connectivity index (χ0) is 25.4. The topological polar surface area (TPSA) is 89.0 Å². The molecule has 5 rings (SSSR count). The Labute approximate surface area is 203 Å². The third-order valence-corrected chi connectivity index (χ3v) is 5.93. The molecule has 1 N–H and O–H groups in total. The molecule has 0 aliphatic carbocycles. The number of rotatable bonds is 4. The lowest BCUT2D eigenvalue weighted by atomic mass is 9.98. The fraction of sp³-hybridized carbons (Fsp3) is 0.192. The quantitative estimate of drug-likeness (QED) is 0.325. The number of Topliss-reactive ketones (excluding diaryl/α,β-unsaturated/α-hetero) is 1. The summed E-state index contributed by atoms with van der Waals surface area (Å²) in [5, 5.41) is 11.2. The minimum Gasteiger partial charge on any atom is -0.507 e. The van der Waals surface area contributed by atoms with E-state index in [4.69, 9.17) is 9.47 Å². The summed E-state index contributed by atoms with van der Waals surface area (Å²) in [4.78, 5) is 31.6. The third-order valence-electron chi connectivity index (χ3n) is 5.93. The van der Waals surface area contributed by atoms with E-state index in [1.807, 2.05) is 0 Å². The number of hydrogen-bond acceptors (Lipinski definition) is 6. The minimum absolute atomic E-state index is 0.173. The molecule has 2 aliphatic rings. The zero-order valence-corrected chi connectivity index (χ0v) is 18.7. The Morgan fingerprint density at radius 1 is 1.00 bits per heavy atom. The lowest BCUT2D eigenvalue weighted by Crippen LogP contribution is -2.29. The normalized spacial score (nSPS) is 19.0. The van der Waals surface area contributed by atoms with Crippen LogP contribution in [0.4, 0.5) is 13.2 Å². The van der Waals surface area contributed by atoms with E-state index < -0.39 is 35.2 Å². The molecule has 1 fully saturated rings. The molecule has 2 aliphatic heterocycles. The molecule has 0 spiro atoms. The SMILES string of the molecule is O=C1C(=O)N(Cc2cccc(C(F)(F)F)c2)C(c2ccccn2)/C1=C(/O)c1ccc2c(c1)OCCO2. The number of carbonyl (C=O) groups excluding carboxylic acids is 2. The molecule has 1 aromatic heterocycles. The van der Waals surface area contributed by atoms with Gasteiger partial charge in [-0.3, -0.25) is 14.6 Å². The molecule has 2 aromatic carbocycles. The molecule has 0 saturated carbocycles. The van der Waals surface area contributed by atoms with Gasteiger partial charge < -0.3 is 19.5 Å². The molecule has 1 amide bonds. The molecule has 1 atom stereocenters. The maximum Gasteiger partial charge on any atom is 0.416 e. The van der Waals surface area contributed by atoms with Gasteiger partial charge in [-0.25, -0.2) is 0 Å². The molecule has 10 heteroatoms. The van der Waals surface area contributed by atoms with Crippen molar-refractivity contribution < 1.29 is 37.3 Å². The van der Waals surface area contributed by atoms with E-state index in [0.29, 0.717) is 24.7 Å². The average Bonchev–Trinajstić information content (AvgIpc) is 3.13. The van der Waals surface area contributed by atoms with Crippen LogP contribution < -0.4 is 9.47 Å². The monoisotopic (exact) mass is 496 g/mol. The van der Waals surface area contributed by atoms with E-state index in [-0.39, 0.29) is 28.9 Å². The third kappa shape index (κ3) is 4.26. The number of halogens is 3. The lowest BCUT2D eigenvalue weighted by Gasteiger charge is -2.25. The highest BCUT2D eigenvalue weighted by Gasteiger charge is 2.47. The Balaban J connectivity index is 1.60. The summed E-state index contributed by atoms with van der Waals surface area (Å²) < 4.78 is 50.7. The Bertz CT molecular complexity index is 1370. The summed E-state index contributed by atoms with van der Waals surface area (Å²) >= 11 is 0. The van der Waals surface area contributed by atoms with Gasteiger partial charge in [0.15, 0.2) is 11.5 Å². The van der Waals surface area contributed by atoms with Gasteiger partial charge in [0.1, 0.15) is 25.0 Å². The average molecular weight is 496 g/mol. The van der Waals surface area contributed by atoms with Crippen LogP contribution in [0.3, 0.4) is 0 Å². The van der Waals surface area contributed by atoms with Crippen LogP contribution >= 0.6 is 0 Å². The largest absolute Gasteiger partial charge is 0.507 e. The van der Waals surface area contributed by atoms with Gasteiger partial charge in [0.05, 0.1) is 16.8 Å². The van der Waals surface area contributed by atoms with Crippen molar-refractivity contribution in [3.05, 3.63) is 94.8 Å². The number of aliphatic hydroxyl groups is 1. The van der Waals surface area contributed by atoms with Crippen molar-refractivity contribution in [3.8, 4) is 11.5 Å². The van der Waals surface area contributed by atoms with Crippen molar-refractivity contribution in [2.45, 2.75) is 18.8 Å². The summed E-state index contributed by atoms with van der Waals surface area (Å²) in [5.74, 6) is -1.53. The van der Waals surface area contributed by atoms with Gasteiger partial charge >= 0.3 is 6.18 Å². The highest BCUT2D eigenvalue weighted by Crippen LogP contribution is 2.41. The number of likely N-dealkylation sites (tertiary alicyclic amines) is 1.